The van der Waals surface area contributed by atoms with Crippen LogP contribution in [0.15, 0.2) is 47.9 Å². The monoisotopic (exact) mass is 364 g/mol. The van der Waals surface area contributed by atoms with Gasteiger partial charge in [0.05, 0.1) is 11.1 Å². The Balaban J connectivity index is 2.01. The Morgan fingerprint density at radius 2 is 2.07 bits per heavy atom. The molecule has 3 N–H and O–H groups in total. The number of pyridine rings is 2. The molecule has 1 aliphatic carbocycles. The molecule has 0 spiro atoms. The third-order valence-corrected chi connectivity index (χ3v) is 5.32. The van der Waals surface area contributed by atoms with Gasteiger partial charge >= 0.3 is 0 Å². The molecule has 1 fully saturated rings. The van der Waals surface area contributed by atoms with E-state index in [0.29, 0.717) is 11.5 Å². The molecule has 0 saturated heterocycles. The summed E-state index contributed by atoms with van der Waals surface area (Å²) in [6, 6.07) is 8.59. The molecule has 0 radical (unpaired) electrons. The minimum Gasteiger partial charge on any atom is -0.508 e. The van der Waals surface area contributed by atoms with E-state index >= 15 is 0 Å². The smallest absolute Gasteiger partial charge is 0.266 e. The second kappa shape index (κ2) is 6.35. The number of halogens is 1. The Bertz CT molecular complexity index is 1140. The van der Waals surface area contributed by atoms with E-state index in [1.165, 1.54) is 6.07 Å². The highest BCUT2D eigenvalue weighted by Crippen LogP contribution is 2.43. The molecule has 0 atom stereocenters. The molecule has 1 aliphatic rings. The summed E-state index contributed by atoms with van der Waals surface area (Å²) in [5.74, 6) is -0.192. The molecule has 138 valence electrons. The highest BCUT2D eigenvalue weighted by atomic mass is 19.1. The molecular weight excluding hydrogens is 343 g/mol. The topological polar surface area (TPSA) is 67.7 Å². The van der Waals surface area contributed by atoms with Crippen molar-refractivity contribution in [2.24, 2.45) is 5.73 Å². The van der Waals surface area contributed by atoms with Crippen molar-refractivity contribution in [2.75, 3.05) is 0 Å². The second-order valence-corrected chi connectivity index (χ2v) is 7.12. The van der Waals surface area contributed by atoms with Crippen LogP contribution < -0.4 is 11.3 Å². The number of rotatable bonds is 4. The van der Waals surface area contributed by atoms with E-state index in [2.05, 4.69) is 6.58 Å². The summed E-state index contributed by atoms with van der Waals surface area (Å²) < 4.78 is 15.8. The van der Waals surface area contributed by atoms with Gasteiger partial charge in [-0.1, -0.05) is 18.7 Å². The highest BCUT2D eigenvalue weighted by molar-refractivity contribution is 5.78. The van der Waals surface area contributed by atoms with E-state index in [-0.39, 0.29) is 29.2 Å². The first-order chi connectivity index (χ1) is 12.9. The Morgan fingerprint density at radius 1 is 1.33 bits per heavy atom. The molecule has 2 aromatic heterocycles. The van der Waals surface area contributed by atoms with Gasteiger partial charge in [-0.25, -0.2) is 4.39 Å². The molecule has 5 heteroatoms. The van der Waals surface area contributed by atoms with Crippen LogP contribution in [-0.2, 0) is 6.54 Å². The quantitative estimate of drug-likeness (QED) is 0.679. The van der Waals surface area contributed by atoms with Gasteiger partial charge in [0.25, 0.3) is 5.56 Å². The van der Waals surface area contributed by atoms with Crippen molar-refractivity contribution in [2.45, 2.75) is 32.2 Å². The lowest BCUT2D eigenvalue weighted by Gasteiger charge is -2.16. The van der Waals surface area contributed by atoms with E-state index in [9.17, 15) is 14.3 Å². The van der Waals surface area contributed by atoms with Crippen molar-refractivity contribution < 1.29 is 9.50 Å². The van der Waals surface area contributed by atoms with Gasteiger partial charge in [0.15, 0.2) is 0 Å². The zero-order valence-corrected chi connectivity index (χ0v) is 15.1. The number of nitrogens with two attached hydrogens (primary N) is 1. The number of aliphatic hydroxyl groups excluding tert-OH is 1. The average Bonchev–Trinajstić information content (AvgIpc) is 3.47. The van der Waals surface area contributed by atoms with Gasteiger partial charge in [0.2, 0.25) is 0 Å². The van der Waals surface area contributed by atoms with Crippen molar-refractivity contribution >= 4 is 11.3 Å². The highest BCUT2D eigenvalue weighted by Gasteiger charge is 2.28. The van der Waals surface area contributed by atoms with Gasteiger partial charge in [0.1, 0.15) is 11.6 Å². The molecule has 4 rings (SSSR count). The van der Waals surface area contributed by atoms with E-state index in [0.717, 1.165) is 40.6 Å². The maximum atomic E-state index is 14.2. The molecule has 1 saturated carbocycles. The predicted octanol–water partition coefficient (Wildman–Crippen LogP) is 4.28. The van der Waals surface area contributed by atoms with Gasteiger partial charge in [-0.05, 0) is 66.1 Å². The molecule has 2 heterocycles. The number of nitrogens with zero attached hydrogens (tertiary/aromatic N) is 1. The third kappa shape index (κ3) is 2.84. The van der Waals surface area contributed by atoms with E-state index in [1.807, 2.05) is 13.0 Å². The van der Waals surface area contributed by atoms with Crippen LogP contribution in [0.2, 0.25) is 0 Å². The molecule has 0 amide bonds. The minimum atomic E-state index is -0.332. The molecule has 0 aliphatic heterocycles. The summed E-state index contributed by atoms with van der Waals surface area (Å²) in [6.45, 7) is 5.61. The summed E-state index contributed by atoms with van der Waals surface area (Å²) in [5, 5.41) is 9.81. The molecule has 4 nitrogen and oxygen atoms in total. The zero-order chi connectivity index (χ0) is 19.3. The maximum absolute atomic E-state index is 14.2. The molecule has 0 unspecified atom stereocenters. The van der Waals surface area contributed by atoms with E-state index in [1.54, 1.807) is 28.8 Å². The van der Waals surface area contributed by atoms with Gasteiger partial charge in [-0.2, -0.15) is 0 Å². The third-order valence-electron chi connectivity index (χ3n) is 5.32. The van der Waals surface area contributed by atoms with Gasteiger partial charge < -0.3 is 10.8 Å². The lowest BCUT2D eigenvalue weighted by molar-refractivity contribution is 0.512. The summed E-state index contributed by atoms with van der Waals surface area (Å²) in [7, 11) is 0. The van der Waals surface area contributed by atoms with Crippen LogP contribution >= 0.6 is 0 Å². The Morgan fingerprint density at radius 3 is 2.67 bits per heavy atom. The van der Waals surface area contributed by atoms with Gasteiger partial charge in [-0.3, -0.25) is 9.20 Å². The number of fused-ring (bicyclic) bond motifs is 1. The van der Waals surface area contributed by atoms with Crippen molar-refractivity contribution in [3.63, 3.8) is 0 Å². The summed E-state index contributed by atoms with van der Waals surface area (Å²) in [5.41, 5.74) is 10.3. The number of aromatic nitrogens is 1. The molecule has 27 heavy (non-hydrogen) atoms. The van der Waals surface area contributed by atoms with E-state index < -0.39 is 0 Å². The van der Waals surface area contributed by atoms with Crippen molar-refractivity contribution in [1.29, 1.82) is 0 Å². The predicted molar refractivity (Wildman–Crippen MR) is 105 cm³/mol. The van der Waals surface area contributed by atoms with Crippen LogP contribution in [-0.4, -0.2) is 9.51 Å². The zero-order valence-electron chi connectivity index (χ0n) is 15.1. The fourth-order valence-corrected chi connectivity index (χ4v) is 3.70. The number of hydrogen-bond acceptors (Lipinski definition) is 3. The van der Waals surface area contributed by atoms with Gasteiger partial charge in [0, 0.05) is 18.3 Å². The fourth-order valence-electron chi connectivity index (χ4n) is 3.70. The normalized spacial score (nSPS) is 13.9. The molecule has 3 aromatic rings. The number of hydrogen-bond donors (Lipinski definition) is 2. The lowest BCUT2D eigenvalue weighted by atomic mass is 9.95. The number of aliphatic hydroxyl groups is 1. The van der Waals surface area contributed by atoms with Crippen LogP contribution in [0.25, 0.3) is 22.4 Å². The standard InChI is InChI=1S/C22H21FN2O2/c1-12-17(15-5-6-16(11-24)20(23)9-15)7-8-25-21(12)19(14-3-4-14)10-18(13(2)26)22(25)27/h5-10,14,26H,2-4,11,24H2,1H3. The van der Waals surface area contributed by atoms with Crippen LogP contribution in [0.3, 0.4) is 0 Å². The number of benzene rings is 1. The molecule has 1 aromatic carbocycles. The lowest BCUT2D eigenvalue weighted by Crippen LogP contribution is -2.20. The minimum absolute atomic E-state index is 0.151. The summed E-state index contributed by atoms with van der Waals surface area (Å²) in [4.78, 5) is 12.8. The van der Waals surface area contributed by atoms with Crippen LogP contribution in [0, 0.1) is 12.7 Å². The van der Waals surface area contributed by atoms with Crippen LogP contribution in [0.4, 0.5) is 4.39 Å². The largest absolute Gasteiger partial charge is 0.508 e. The van der Waals surface area contributed by atoms with Crippen molar-refractivity contribution in [3.05, 3.63) is 81.5 Å². The maximum Gasteiger partial charge on any atom is 0.266 e. The van der Waals surface area contributed by atoms with Crippen molar-refractivity contribution in [3.8, 4) is 11.1 Å². The average molecular weight is 364 g/mol. The Labute approximate surface area is 156 Å². The SMILES string of the molecule is C=C(O)c1cc(C2CC2)c2c(C)c(-c3ccc(CN)c(F)c3)ccn2c1=O. The molecule has 0 bridgehead atoms. The first-order valence-electron chi connectivity index (χ1n) is 8.98. The second-order valence-electron chi connectivity index (χ2n) is 7.12. The van der Waals surface area contributed by atoms with Crippen molar-refractivity contribution in [1.82, 2.24) is 4.40 Å². The Hall–Kier alpha value is -2.92. The summed E-state index contributed by atoms with van der Waals surface area (Å²) >= 11 is 0. The number of aryl methyl sites for hydroxylation is 1. The van der Waals surface area contributed by atoms with E-state index in [4.69, 9.17) is 5.73 Å². The van der Waals surface area contributed by atoms with Crippen LogP contribution in [0.5, 0.6) is 0 Å². The van der Waals surface area contributed by atoms with Gasteiger partial charge in [-0.15, -0.1) is 0 Å². The fraction of sp³-hybridized carbons (Fsp3) is 0.227. The molecular formula is C22H21FN2O2. The first-order valence-corrected chi connectivity index (χ1v) is 8.98. The Kier molecular flexibility index (Phi) is 4.12. The van der Waals surface area contributed by atoms with Crippen LogP contribution in [0.1, 0.15) is 41.0 Å². The summed E-state index contributed by atoms with van der Waals surface area (Å²) in [6.07, 6.45) is 3.79. The first kappa shape index (κ1) is 17.5.